The average molecular weight is 302 g/mol. The minimum Gasteiger partial charge on any atom is -0.361 e. The van der Waals surface area contributed by atoms with Crippen LogP contribution in [0.25, 0.3) is 11.4 Å². The monoisotopic (exact) mass is 301 g/mol. The summed E-state index contributed by atoms with van der Waals surface area (Å²) in [5.41, 5.74) is 0.793. The summed E-state index contributed by atoms with van der Waals surface area (Å²) < 4.78 is 17.8. The van der Waals surface area contributed by atoms with Gasteiger partial charge in [-0.1, -0.05) is 0 Å². The molecule has 0 aliphatic heterocycles. The van der Waals surface area contributed by atoms with E-state index in [0.29, 0.717) is 10.3 Å². The number of nitrogens with zero attached hydrogens (tertiary/aromatic N) is 2. The number of rotatable bonds is 3. The van der Waals surface area contributed by atoms with Crippen LogP contribution in [0.2, 0.25) is 0 Å². The lowest BCUT2D eigenvalue weighted by molar-refractivity contribution is 0.627. The van der Waals surface area contributed by atoms with Crippen molar-refractivity contribution in [3.8, 4) is 11.4 Å². The molecule has 1 aromatic carbocycles. The van der Waals surface area contributed by atoms with Gasteiger partial charge in [-0.05, 0) is 41.1 Å². The van der Waals surface area contributed by atoms with Crippen molar-refractivity contribution >= 4 is 32.6 Å². The first-order valence-corrected chi connectivity index (χ1v) is 6.30. The molecule has 1 aromatic heterocycles. The van der Waals surface area contributed by atoms with Crippen LogP contribution >= 0.6 is 27.5 Å². The van der Waals surface area contributed by atoms with Gasteiger partial charge in [0.1, 0.15) is 5.82 Å². The van der Waals surface area contributed by atoms with Gasteiger partial charge in [0.2, 0.25) is 5.13 Å². The zero-order valence-corrected chi connectivity index (χ0v) is 10.9. The molecule has 0 saturated heterocycles. The molecular formula is C10H9BrFN3S. The Kier molecular flexibility index (Phi) is 3.50. The summed E-state index contributed by atoms with van der Waals surface area (Å²) in [6.45, 7) is 2.80. The number of hydrogen-bond donors (Lipinski definition) is 1. The first-order valence-electron chi connectivity index (χ1n) is 4.73. The van der Waals surface area contributed by atoms with E-state index < -0.39 is 0 Å². The maximum Gasteiger partial charge on any atom is 0.202 e. The molecule has 0 spiro atoms. The fourth-order valence-corrected chi connectivity index (χ4v) is 2.40. The van der Waals surface area contributed by atoms with Crippen molar-refractivity contribution in [3.05, 3.63) is 28.5 Å². The molecule has 0 atom stereocenters. The SMILES string of the molecule is CCNc1nc(-c2ccc(F)cc2Br)ns1. The molecule has 16 heavy (non-hydrogen) atoms. The Bertz CT molecular complexity index is 501. The molecule has 2 rings (SSSR count). The zero-order valence-electron chi connectivity index (χ0n) is 8.50. The average Bonchev–Trinajstić information content (AvgIpc) is 2.67. The Balaban J connectivity index is 2.35. The van der Waals surface area contributed by atoms with Gasteiger partial charge in [-0.15, -0.1) is 0 Å². The van der Waals surface area contributed by atoms with Crippen molar-refractivity contribution in [2.45, 2.75) is 6.92 Å². The van der Waals surface area contributed by atoms with Gasteiger partial charge in [-0.3, -0.25) is 0 Å². The van der Waals surface area contributed by atoms with E-state index in [1.54, 1.807) is 6.07 Å². The van der Waals surface area contributed by atoms with Crippen LogP contribution in [0.5, 0.6) is 0 Å². The molecule has 0 amide bonds. The summed E-state index contributed by atoms with van der Waals surface area (Å²) in [6, 6.07) is 4.47. The largest absolute Gasteiger partial charge is 0.361 e. The Morgan fingerprint density at radius 3 is 3.00 bits per heavy atom. The van der Waals surface area contributed by atoms with E-state index in [0.717, 1.165) is 17.2 Å². The van der Waals surface area contributed by atoms with E-state index >= 15 is 0 Å². The highest BCUT2D eigenvalue weighted by Crippen LogP contribution is 2.28. The molecule has 0 aliphatic rings. The highest BCUT2D eigenvalue weighted by molar-refractivity contribution is 9.10. The smallest absolute Gasteiger partial charge is 0.202 e. The number of halogens is 2. The normalized spacial score (nSPS) is 10.4. The van der Waals surface area contributed by atoms with E-state index in [9.17, 15) is 4.39 Å². The summed E-state index contributed by atoms with van der Waals surface area (Å²) >= 11 is 4.59. The molecule has 0 unspecified atom stereocenters. The Morgan fingerprint density at radius 1 is 1.50 bits per heavy atom. The molecule has 1 heterocycles. The molecular weight excluding hydrogens is 293 g/mol. The van der Waals surface area contributed by atoms with Gasteiger partial charge in [0.15, 0.2) is 5.82 Å². The third kappa shape index (κ3) is 2.38. The van der Waals surface area contributed by atoms with Crippen molar-refractivity contribution < 1.29 is 4.39 Å². The second kappa shape index (κ2) is 4.88. The molecule has 0 saturated carbocycles. The summed E-state index contributed by atoms with van der Waals surface area (Å²) in [6.07, 6.45) is 0. The van der Waals surface area contributed by atoms with Crippen molar-refractivity contribution in [2.75, 3.05) is 11.9 Å². The third-order valence-corrected chi connectivity index (χ3v) is 3.25. The predicted molar refractivity (Wildman–Crippen MR) is 67.2 cm³/mol. The minimum absolute atomic E-state index is 0.280. The topological polar surface area (TPSA) is 37.8 Å². The van der Waals surface area contributed by atoms with Gasteiger partial charge in [-0.2, -0.15) is 9.36 Å². The lowest BCUT2D eigenvalue weighted by Crippen LogP contribution is -1.95. The minimum atomic E-state index is -0.280. The van der Waals surface area contributed by atoms with E-state index in [2.05, 4.69) is 30.6 Å². The number of nitrogens with one attached hydrogen (secondary N) is 1. The second-order valence-corrected chi connectivity index (χ2v) is 4.68. The summed E-state index contributed by atoms with van der Waals surface area (Å²) in [5.74, 6) is 0.325. The van der Waals surface area contributed by atoms with Crippen molar-refractivity contribution in [2.24, 2.45) is 0 Å². The summed E-state index contributed by atoms with van der Waals surface area (Å²) in [7, 11) is 0. The molecule has 84 valence electrons. The molecule has 2 aromatic rings. The molecule has 0 radical (unpaired) electrons. The van der Waals surface area contributed by atoms with E-state index in [1.807, 2.05) is 6.92 Å². The lowest BCUT2D eigenvalue weighted by atomic mass is 10.2. The van der Waals surface area contributed by atoms with Gasteiger partial charge in [-0.25, -0.2) is 4.39 Å². The van der Waals surface area contributed by atoms with Crippen LogP contribution < -0.4 is 5.32 Å². The van der Waals surface area contributed by atoms with Crippen molar-refractivity contribution in [1.29, 1.82) is 0 Å². The van der Waals surface area contributed by atoms with Gasteiger partial charge >= 0.3 is 0 Å². The van der Waals surface area contributed by atoms with Crippen molar-refractivity contribution in [1.82, 2.24) is 9.36 Å². The van der Waals surface area contributed by atoms with Crippen LogP contribution in [-0.2, 0) is 0 Å². The summed E-state index contributed by atoms with van der Waals surface area (Å²) in [4.78, 5) is 4.30. The Labute approximate surface area is 105 Å². The zero-order chi connectivity index (χ0) is 11.5. The number of anilines is 1. The first kappa shape index (κ1) is 11.5. The van der Waals surface area contributed by atoms with Gasteiger partial charge in [0.05, 0.1) is 0 Å². The molecule has 0 bridgehead atoms. The Hall–Kier alpha value is -1.01. The van der Waals surface area contributed by atoms with E-state index in [-0.39, 0.29) is 5.82 Å². The van der Waals surface area contributed by atoms with Gasteiger partial charge in [0, 0.05) is 28.1 Å². The van der Waals surface area contributed by atoms with Gasteiger partial charge < -0.3 is 5.32 Å². The second-order valence-electron chi connectivity index (χ2n) is 3.08. The highest BCUT2D eigenvalue weighted by atomic mass is 79.9. The van der Waals surface area contributed by atoms with Crippen LogP contribution in [0.4, 0.5) is 9.52 Å². The fourth-order valence-electron chi connectivity index (χ4n) is 1.23. The fraction of sp³-hybridized carbons (Fsp3) is 0.200. The first-order chi connectivity index (χ1) is 7.70. The number of aromatic nitrogens is 2. The Morgan fingerprint density at radius 2 is 2.31 bits per heavy atom. The van der Waals surface area contributed by atoms with E-state index in [4.69, 9.17) is 0 Å². The molecule has 3 nitrogen and oxygen atoms in total. The summed E-state index contributed by atoms with van der Waals surface area (Å²) in [5, 5.41) is 3.86. The van der Waals surface area contributed by atoms with Crippen LogP contribution in [0.15, 0.2) is 22.7 Å². The van der Waals surface area contributed by atoms with Crippen LogP contribution in [0.1, 0.15) is 6.92 Å². The van der Waals surface area contributed by atoms with Gasteiger partial charge in [0.25, 0.3) is 0 Å². The quantitative estimate of drug-likeness (QED) is 0.942. The van der Waals surface area contributed by atoms with E-state index in [1.165, 1.54) is 23.7 Å². The lowest BCUT2D eigenvalue weighted by Gasteiger charge is -1.99. The predicted octanol–water partition coefficient (Wildman–Crippen LogP) is 3.54. The molecule has 0 aliphatic carbocycles. The molecule has 0 fully saturated rings. The highest BCUT2D eigenvalue weighted by Gasteiger charge is 2.10. The van der Waals surface area contributed by atoms with Crippen LogP contribution in [-0.4, -0.2) is 15.9 Å². The van der Waals surface area contributed by atoms with Crippen molar-refractivity contribution in [3.63, 3.8) is 0 Å². The molecule has 1 N–H and O–H groups in total. The third-order valence-electron chi connectivity index (χ3n) is 1.93. The standard InChI is InChI=1S/C10H9BrFN3S/c1-2-13-10-14-9(15-16-10)7-4-3-6(12)5-8(7)11/h3-5H,2H2,1H3,(H,13,14,15). The van der Waals surface area contributed by atoms with Crippen LogP contribution in [0, 0.1) is 5.82 Å². The maximum atomic E-state index is 12.9. The molecule has 6 heteroatoms. The number of benzene rings is 1. The van der Waals surface area contributed by atoms with Crippen LogP contribution in [0.3, 0.4) is 0 Å². The maximum absolute atomic E-state index is 12.9. The number of hydrogen-bond acceptors (Lipinski definition) is 4.